The van der Waals surface area contributed by atoms with E-state index >= 15 is 0 Å². The molecule has 0 saturated carbocycles. The summed E-state index contributed by atoms with van der Waals surface area (Å²) in [5.74, 6) is -0.0811. The summed E-state index contributed by atoms with van der Waals surface area (Å²) in [5.41, 5.74) is 5.12. The molecule has 2 amide bonds. The number of rotatable bonds is 8. The molecule has 0 aliphatic heterocycles. The van der Waals surface area contributed by atoms with Gasteiger partial charge in [0.15, 0.2) is 0 Å². The van der Waals surface area contributed by atoms with Gasteiger partial charge in [-0.3, -0.25) is 9.59 Å². The Labute approximate surface area is 106 Å². The Hall–Kier alpha value is -0.580. The molecular weight excluding hydrogens is 272 g/mol. The predicted octanol–water partition coefficient (Wildman–Crippen LogP) is 1.52. The second kappa shape index (κ2) is 8.56. The highest BCUT2D eigenvalue weighted by Gasteiger charge is 2.16. The van der Waals surface area contributed by atoms with Crippen molar-refractivity contribution in [3.05, 3.63) is 0 Å². The lowest BCUT2D eigenvalue weighted by Crippen LogP contribution is -2.40. The van der Waals surface area contributed by atoms with E-state index in [4.69, 9.17) is 5.73 Å². The first-order valence-corrected chi connectivity index (χ1v) is 6.71. The first-order chi connectivity index (χ1) is 7.47. The summed E-state index contributed by atoms with van der Waals surface area (Å²) in [5, 5.41) is 0.903. The smallest absolute Gasteiger partial charge is 0.237 e. The van der Waals surface area contributed by atoms with Gasteiger partial charge >= 0.3 is 0 Å². The van der Waals surface area contributed by atoms with Gasteiger partial charge < -0.3 is 10.6 Å². The normalized spacial score (nSPS) is 10.5. The van der Waals surface area contributed by atoms with Crippen LogP contribution in [0.4, 0.5) is 0 Å². The Morgan fingerprint density at radius 1 is 1.31 bits per heavy atom. The van der Waals surface area contributed by atoms with Gasteiger partial charge in [-0.1, -0.05) is 29.8 Å². The van der Waals surface area contributed by atoms with Gasteiger partial charge in [-0.05, 0) is 18.8 Å². The van der Waals surface area contributed by atoms with E-state index in [0.717, 1.165) is 18.2 Å². The number of hydrogen-bond acceptors (Lipinski definition) is 2. The first-order valence-electron chi connectivity index (χ1n) is 5.59. The van der Waals surface area contributed by atoms with Gasteiger partial charge in [0.25, 0.3) is 0 Å². The predicted molar refractivity (Wildman–Crippen MR) is 68.3 cm³/mol. The second-order valence-electron chi connectivity index (χ2n) is 4.28. The number of amides is 2. The third-order valence-corrected chi connectivity index (χ3v) is 2.62. The molecule has 0 aliphatic rings. The van der Waals surface area contributed by atoms with Gasteiger partial charge in [0.2, 0.25) is 11.8 Å². The molecule has 0 fully saturated rings. The topological polar surface area (TPSA) is 63.4 Å². The number of hydrogen-bond donors (Lipinski definition) is 1. The summed E-state index contributed by atoms with van der Waals surface area (Å²) in [6.45, 7) is 4.65. The lowest BCUT2D eigenvalue weighted by atomic mass is 10.1. The van der Waals surface area contributed by atoms with Gasteiger partial charge in [-0.25, -0.2) is 0 Å². The van der Waals surface area contributed by atoms with Gasteiger partial charge in [-0.2, -0.15) is 0 Å². The quantitative estimate of drug-likeness (QED) is 0.545. The highest BCUT2D eigenvalue weighted by molar-refractivity contribution is 9.09. The molecule has 0 rings (SSSR count). The average molecular weight is 293 g/mol. The standard InChI is InChI=1S/C11H21BrN2O2/c1-9(2)7-14(8-10(13)15)11(16)5-3-4-6-12/h9H,3-8H2,1-2H3,(H2,13,15). The molecule has 0 bridgehead atoms. The summed E-state index contributed by atoms with van der Waals surface area (Å²) in [6.07, 6.45) is 2.31. The van der Waals surface area contributed by atoms with E-state index < -0.39 is 5.91 Å². The Kier molecular flexibility index (Phi) is 8.25. The van der Waals surface area contributed by atoms with Crippen LogP contribution in [0.2, 0.25) is 0 Å². The van der Waals surface area contributed by atoms with Crippen molar-refractivity contribution < 1.29 is 9.59 Å². The molecule has 0 aromatic carbocycles. The molecule has 0 atom stereocenters. The number of halogens is 1. The van der Waals surface area contributed by atoms with E-state index in [1.54, 1.807) is 4.90 Å². The van der Waals surface area contributed by atoms with Crippen molar-refractivity contribution >= 4 is 27.7 Å². The molecule has 0 saturated heterocycles. The van der Waals surface area contributed by atoms with Crippen LogP contribution >= 0.6 is 15.9 Å². The number of carbonyl (C=O) groups is 2. The lowest BCUT2D eigenvalue weighted by Gasteiger charge is -2.23. The number of unbranched alkanes of at least 4 members (excludes halogenated alkanes) is 1. The molecule has 0 unspecified atom stereocenters. The zero-order valence-corrected chi connectivity index (χ0v) is 11.6. The number of alkyl halides is 1. The molecule has 16 heavy (non-hydrogen) atoms. The third kappa shape index (κ3) is 7.68. The van der Waals surface area contributed by atoms with Gasteiger partial charge in [0.1, 0.15) is 0 Å². The summed E-state index contributed by atoms with van der Waals surface area (Å²) in [7, 11) is 0. The minimum atomic E-state index is -0.450. The van der Waals surface area contributed by atoms with E-state index in [0.29, 0.717) is 18.9 Å². The van der Waals surface area contributed by atoms with Crippen LogP contribution in [0, 0.1) is 5.92 Å². The minimum absolute atomic E-state index is 0.0217. The Balaban J connectivity index is 4.15. The molecule has 94 valence electrons. The van der Waals surface area contributed by atoms with Crippen LogP contribution in [-0.2, 0) is 9.59 Å². The average Bonchev–Trinajstić information content (AvgIpc) is 2.15. The number of nitrogens with zero attached hydrogens (tertiary/aromatic N) is 1. The van der Waals surface area contributed by atoms with Crippen molar-refractivity contribution in [2.75, 3.05) is 18.4 Å². The van der Waals surface area contributed by atoms with Crippen molar-refractivity contribution in [3.63, 3.8) is 0 Å². The molecular formula is C11H21BrN2O2. The lowest BCUT2D eigenvalue weighted by molar-refractivity contribution is -0.135. The Bertz CT molecular complexity index is 232. The molecule has 0 spiro atoms. The molecule has 4 nitrogen and oxygen atoms in total. The summed E-state index contributed by atoms with van der Waals surface area (Å²) < 4.78 is 0. The molecule has 0 aromatic heterocycles. The molecule has 0 aromatic rings. The second-order valence-corrected chi connectivity index (χ2v) is 5.07. The zero-order valence-electron chi connectivity index (χ0n) is 10.0. The maximum atomic E-state index is 11.8. The van der Waals surface area contributed by atoms with Crippen molar-refractivity contribution in [1.29, 1.82) is 0 Å². The number of carbonyl (C=O) groups excluding carboxylic acids is 2. The maximum Gasteiger partial charge on any atom is 0.237 e. The number of nitrogens with two attached hydrogens (primary N) is 1. The van der Waals surface area contributed by atoms with Crippen LogP contribution in [0.1, 0.15) is 33.1 Å². The fraction of sp³-hybridized carbons (Fsp3) is 0.818. The van der Waals surface area contributed by atoms with E-state index in [1.807, 2.05) is 13.8 Å². The van der Waals surface area contributed by atoms with Gasteiger partial charge in [0.05, 0.1) is 6.54 Å². The van der Waals surface area contributed by atoms with Crippen molar-refractivity contribution in [2.24, 2.45) is 11.7 Å². The van der Waals surface area contributed by atoms with Crippen LogP contribution in [0.3, 0.4) is 0 Å². The zero-order chi connectivity index (χ0) is 12.6. The monoisotopic (exact) mass is 292 g/mol. The molecule has 0 radical (unpaired) electrons. The largest absolute Gasteiger partial charge is 0.368 e. The van der Waals surface area contributed by atoms with E-state index in [2.05, 4.69) is 15.9 Å². The Morgan fingerprint density at radius 3 is 2.38 bits per heavy atom. The molecule has 5 heteroatoms. The van der Waals surface area contributed by atoms with E-state index in [-0.39, 0.29) is 12.5 Å². The SMILES string of the molecule is CC(C)CN(CC(N)=O)C(=O)CCCCBr. The Morgan fingerprint density at radius 2 is 1.94 bits per heavy atom. The van der Waals surface area contributed by atoms with Crippen LogP contribution in [-0.4, -0.2) is 35.1 Å². The number of primary amides is 1. The summed E-state index contributed by atoms with van der Waals surface area (Å²) in [4.78, 5) is 24.2. The molecule has 0 heterocycles. The van der Waals surface area contributed by atoms with Crippen molar-refractivity contribution in [2.45, 2.75) is 33.1 Å². The fourth-order valence-electron chi connectivity index (χ4n) is 1.41. The van der Waals surface area contributed by atoms with E-state index in [9.17, 15) is 9.59 Å². The fourth-order valence-corrected chi connectivity index (χ4v) is 1.81. The summed E-state index contributed by atoms with van der Waals surface area (Å²) in [6, 6.07) is 0. The van der Waals surface area contributed by atoms with E-state index in [1.165, 1.54) is 0 Å². The van der Waals surface area contributed by atoms with Crippen LogP contribution < -0.4 is 5.73 Å². The molecule has 0 aliphatic carbocycles. The highest BCUT2D eigenvalue weighted by Crippen LogP contribution is 2.05. The maximum absolute atomic E-state index is 11.8. The van der Waals surface area contributed by atoms with Crippen molar-refractivity contribution in [3.8, 4) is 0 Å². The first kappa shape index (κ1) is 15.4. The third-order valence-electron chi connectivity index (χ3n) is 2.06. The van der Waals surface area contributed by atoms with Gasteiger partial charge in [-0.15, -0.1) is 0 Å². The highest BCUT2D eigenvalue weighted by atomic mass is 79.9. The minimum Gasteiger partial charge on any atom is -0.368 e. The van der Waals surface area contributed by atoms with Crippen molar-refractivity contribution in [1.82, 2.24) is 4.90 Å². The van der Waals surface area contributed by atoms with Crippen LogP contribution in [0.15, 0.2) is 0 Å². The molecule has 2 N–H and O–H groups in total. The van der Waals surface area contributed by atoms with Crippen LogP contribution in [0.5, 0.6) is 0 Å². The summed E-state index contributed by atoms with van der Waals surface area (Å²) >= 11 is 3.32. The van der Waals surface area contributed by atoms with Gasteiger partial charge in [0, 0.05) is 18.3 Å². The van der Waals surface area contributed by atoms with Crippen LogP contribution in [0.25, 0.3) is 0 Å².